The first-order valence-electron chi connectivity index (χ1n) is 10.0. The van der Waals surface area contributed by atoms with E-state index in [0.717, 1.165) is 44.1 Å². The highest BCUT2D eigenvalue weighted by Gasteiger charge is 2.18. The van der Waals surface area contributed by atoms with E-state index in [1.54, 1.807) is 17.8 Å². The van der Waals surface area contributed by atoms with Crippen LogP contribution >= 0.6 is 24.0 Å². The van der Waals surface area contributed by atoms with Crippen LogP contribution in [0, 0.1) is 5.82 Å². The third kappa shape index (κ3) is 6.03. The molecule has 1 aliphatic heterocycles. The Hall–Kier alpha value is -1.95. The number of piperazine rings is 1. The zero-order valence-corrected chi connectivity index (χ0v) is 20.5. The molecule has 2 aromatic rings. The van der Waals surface area contributed by atoms with Crippen molar-refractivity contribution in [1.82, 2.24) is 29.9 Å². The van der Waals surface area contributed by atoms with E-state index in [1.807, 2.05) is 31.1 Å². The first kappa shape index (κ1) is 24.3. The Morgan fingerprint density at radius 3 is 2.57 bits per heavy atom. The number of halogens is 2. The van der Waals surface area contributed by atoms with Crippen molar-refractivity contribution in [3.8, 4) is 0 Å². The third-order valence-electron chi connectivity index (χ3n) is 5.38. The lowest BCUT2D eigenvalue weighted by Gasteiger charge is -2.35. The lowest BCUT2D eigenvalue weighted by molar-refractivity contribution is 0.270. The maximum Gasteiger partial charge on any atom is 0.194 e. The molecule has 1 N–H and O–H groups in total. The number of nitrogens with zero attached hydrogens (tertiary/aromatic N) is 7. The SMILES string of the molecule is CCN1CCN(c2ccc(CNC(=NC)N(C)Cc3ncnn3C)cc2F)CC1.I. The lowest BCUT2D eigenvalue weighted by Crippen LogP contribution is -2.46. The van der Waals surface area contributed by atoms with Gasteiger partial charge in [-0.15, -0.1) is 24.0 Å². The van der Waals surface area contributed by atoms with Crippen LogP contribution in [0.25, 0.3) is 0 Å². The minimum absolute atomic E-state index is 0. The highest BCUT2D eigenvalue weighted by atomic mass is 127. The van der Waals surface area contributed by atoms with Crippen LogP contribution in [-0.4, -0.2) is 77.3 Å². The van der Waals surface area contributed by atoms with E-state index in [2.05, 4.69) is 37.1 Å². The van der Waals surface area contributed by atoms with Crippen molar-refractivity contribution < 1.29 is 4.39 Å². The Kier molecular flexibility index (Phi) is 9.28. The molecule has 0 radical (unpaired) electrons. The number of anilines is 1. The predicted octanol–water partition coefficient (Wildman–Crippen LogP) is 1.92. The third-order valence-corrected chi connectivity index (χ3v) is 5.38. The fourth-order valence-electron chi connectivity index (χ4n) is 3.54. The van der Waals surface area contributed by atoms with Gasteiger partial charge in [-0.3, -0.25) is 9.67 Å². The number of hydrogen-bond acceptors (Lipinski definition) is 5. The van der Waals surface area contributed by atoms with E-state index < -0.39 is 0 Å². The van der Waals surface area contributed by atoms with Gasteiger partial charge in [0.05, 0.1) is 12.2 Å². The lowest BCUT2D eigenvalue weighted by atomic mass is 10.1. The van der Waals surface area contributed by atoms with Gasteiger partial charge in [0.2, 0.25) is 0 Å². The van der Waals surface area contributed by atoms with Gasteiger partial charge in [0.15, 0.2) is 5.96 Å². The summed E-state index contributed by atoms with van der Waals surface area (Å²) in [5, 5.41) is 7.37. The molecule has 2 heterocycles. The molecule has 1 aliphatic rings. The molecule has 1 aromatic heterocycles. The van der Waals surface area contributed by atoms with Gasteiger partial charge >= 0.3 is 0 Å². The standard InChI is InChI=1S/C20H31FN8.HI/c1-5-28-8-10-29(11-9-28)18-7-6-16(12-17(18)21)13-23-20(22-2)26(3)14-19-24-15-25-27(19)4;/h6-7,12,15H,5,8-11,13-14H2,1-4H3,(H,22,23);1H. The van der Waals surface area contributed by atoms with E-state index >= 15 is 0 Å². The van der Waals surface area contributed by atoms with Crippen LogP contribution in [0.15, 0.2) is 29.5 Å². The summed E-state index contributed by atoms with van der Waals surface area (Å²) in [5.74, 6) is 1.39. The minimum Gasteiger partial charge on any atom is -0.367 e. The average Bonchev–Trinajstić information content (AvgIpc) is 3.13. The van der Waals surface area contributed by atoms with Crippen molar-refractivity contribution in [3.05, 3.63) is 41.7 Å². The molecule has 166 valence electrons. The maximum atomic E-state index is 14.7. The minimum atomic E-state index is -0.170. The van der Waals surface area contributed by atoms with Gasteiger partial charge in [-0.05, 0) is 24.2 Å². The summed E-state index contributed by atoms with van der Waals surface area (Å²) in [6, 6.07) is 5.48. The van der Waals surface area contributed by atoms with Gasteiger partial charge < -0.3 is 20.0 Å². The van der Waals surface area contributed by atoms with Crippen LogP contribution in [-0.2, 0) is 20.1 Å². The molecule has 3 rings (SSSR count). The van der Waals surface area contributed by atoms with Gasteiger partial charge in [0.1, 0.15) is 18.0 Å². The molecule has 0 amide bonds. The summed E-state index contributed by atoms with van der Waals surface area (Å²) in [5.41, 5.74) is 1.57. The second-order valence-corrected chi connectivity index (χ2v) is 7.26. The summed E-state index contributed by atoms with van der Waals surface area (Å²) in [6.45, 7) is 7.97. The highest BCUT2D eigenvalue weighted by Crippen LogP contribution is 2.22. The fraction of sp³-hybridized carbons (Fsp3) is 0.550. The summed E-state index contributed by atoms with van der Waals surface area (Å²) < 4.78 is 16.5. The molecule has 0 aliphatic carbocycles. The monoisotopic (exact) mass is 530 g/mol. The molecule has 1 saturated heterocycles. The zero-order chi connectivity index (χ0) is 20.8. The summed E-state index contributed by atoms with van der Waals surface area (Å²) in [6.07, 6.45) is 1.53. The molecule has 0 bridgehead atoms. The van der Waals surface area contributed by atoms with Crippen LogP contribution in [0.5, 0.6) is 0 Å². The van der Waals surface area contributed by atoms with E-state index in [1.165, 1.54) is 6.33 Å². The maximum absolute atomic E-state index is 14.7. The Balaban J connectivity index is 0.00000320. The van der Waals surface area contributed by atoms with Crippen molar-refractivity contribution in [2.45, 2.75) is 20.0 Å². The van der Waals surface area contributed by atoms with Crippen LogP contribution < -0.4 is 10.2 Å². The largest absolute Gasteiger partial charge is 0.367 e. The van der Waals surface area contributed by atoms with Gasteiger partial charge in [0.25, 0.3) is 0 Å². The quantitative estimate of drug-likeness (QED) is 0.350. The molecule has 1 fully saturated rings. The Labute approximate surface area is 195 Å². The second kappa shape index (κ2) is 11.4. The number of guanidine groups is 1. The van der Waals surface area contributed by atoms with Crippen molar-refractivity contribution in [2.75, 3.05) is 51.7 Å². The molecule has 8 nitrogen and oxygen atoms in total. The first-order chi connectivity index (χ1) is 14.0. The topological polar surface area (TPSA) is 64.8 Å². The van der Waals surface area contributed by atoms with E-state index in [9.17, 15) is 4.39 Å². The number of hydrogen-bond donors (Lipinski definition) is 1. The zero-order valence-electron chi connectivity index (χ0n) is 18.2. The highest BCUT2D eigenvalue weighted by molar-refractivity contribution is 14.0. The summed E-state index contributed by atoms with van der Waals surface area (Å²) in [4.78, 5) is 15.0. The molecule has 0 spiro atoms. The number of benzene rings is 1. The summed E-state index contributed by atoms with van der Waals surface area (Å²) in [7, 11) is 5.53. The number of aliphatic imine (C=N–C) groups is 1. The normalized spacial score (nSPS) is 15.1. The number of aromatic nitrogens is 3. The Morgan fingerprint density at radius 1 is 1.27 bits per heavy atom. The van der Waals surface area contributed by atoms with E-state index in [-0.39, 0.29) is 29.8 Å². The van der Waals surface area contributed by atoms with Crippen molar-refractivity contribution in [1.29, 1.82) is 0 Å². The molecular formula is C20H32FIN8. The van der Waals surface area contributed by atoms with Crippen LogP contribution in [0.2, 0.25) is 0 Å². The smallest absolute Gasteiger partial charge is 0.194 e. The molecular weight excluding hydrogens is 498 g/mol. The van der Waals surface area contributed by atoms with Crippen molar-refractivity contribution in [3.63, 3.8) is 0 Å². The van der Waals surface area contributed by atoms with Crippen molar-refractivity contribution in [2.24, 2.45) is 12.0 Å². The molecule has 0 atom stereocenters. The second-order valence-electron chi connectivity index (χ2n) is 7.26. The van der Waals surface area contributed by atoms with Gasteiger partial charge in [-0.2, -0.15) is 5.10 Å². The van der Waals surface area contributed by atoms with Gasteiger partial charge in [0, 0.05) is 53.9 Å². The Morgan fingerprint density at radius 2 is 2.00 bits per heavy atom. The van der Waals surface area contributed by atoms with Crippen LogP contribution in [0.1, 0.15) is 18.3 Å². The fourth-order valence-corrected chi connectivity index (χ4v) is 3.54. The molecule has 0 unspecified atom stereocenters. The number of nitrogens with one attached hydrogen (secondary N) is 1. The molecule has 0 saturated carbocycles. The Bertz CT molecular complexity index is 832. The molecule has 10 heteroatoms. The number of likely N-dealkylation sites (N-methyl/N-ethyl adjacent to an activating group) is 1. The first-order valence-corrected chi connectivity index (χ1v) is 10.0. The van der Waals surface area contributed by atoms with Gasteiger partial charge in [-0.25, -0.2) is 9.37 Å². The van der Waals surface area contributed by atoms with Crippen LogP contribution in [0.4, 0.5) is 10.1 Å². The predicted molar refractivity (Wildman–Crippen MR) is 129 cm³/mol. The van der Waals surface area contributed by atoms with Crippen molar-refractivity contribution >= 4 is 35.6 Å². The van der Waals surface area contributed by atoms with Crippen LogP contribution in [0.3, 0.4) is 0 Å². The summed E-state index contributed by atoms with van der Waals surface area (Å²) >= 11 is 0. The van der Waals surface area contributed by atoms with E-state index in [0.29, 0.717) is 24.7 Å². The number of rotatable bonds is 6. The molecule has 30 heavy (non-hydrogen) atoms. The van der Waals surface area contributed by atoms with E-state index in [4.69, 9.17) is 0 Å². The average molecular weight is 530 g/mol. The van der Waals surface area contributed by atoms with Gasteiger partial charge in [-0.1, -0.05) is 13.0 Å². The number of aryl methyl sites for hydroxylation is 1. The molecule has 1 aromatic carbocycles.